The summed E-state index contributed by atoms with van der Waals surface area (Å²) in [6.45, 7) is 1.45. The molecule has 1 aliphatic rings. The van der Waals surface area contributed by atoms with E-state index in [1.54, 1.807) is 0 Å². The summed E-state index contributed by atoms with van der Waals surface area (Å²) in [6.07, 6.45) is 4.34. The Hall–Kier alpha value is -0.830. The molecule has 1 rings (SSSR count). The average molecular weight is 156 g/mol. The van der Waals surface area contributed by atoms with Crippen LogP contribution in [0.1, 0.15) is 13.3 Å². The molecule has 1 N–H and O–H groups in total. The molecule has 0 spiro atoms. The minimum absolute atomic E-state index is 0.0684. The summed E-state index contributed by atoms with van der Waals surface area (Å²) in [5, 5.41) is 8.82. The Morgan fingerprint density at radius 2 is 2.55 bits per heavy atom. The van der Waals surface area contributed by atoms with E-state index in [1.165, 1.54) is 6.92 Å². The van der Waals surface area contributed by atoms with E-state index >= 15 is 0 Å². The van der Waals surface area contributed by atoms with Crippen molar-refractivity contribution in [3.8, 4) is 0 Å². The normalized spacial score (nSPS) is 28.9. The van der Waals surface area contributed by atoms with Crippen molar-refractivity contribution in [3.05, 3.63) is 12.2 Å². The number of hydrogen-bond donors (Lipinski definition) is 1. The summed E-state index contributed by atoms with van der Waals surface area (Å²) in [5.74, 6) is -0.223. The molecule has 3 heteroatoms. The van der Waals surface area contributed by atoms with Crippen molar-refractivity contribution >= 4 is 5.97 Å². The number of esters is 1. The Morgan fingerprint density at radius 1 is 1.82 bits per heavy atom. The molecule has 0 saturated heterocycles. The van der Waals surface area contributed by atoms with Gasteiger partial charge in [0, 0.05) is 12.8 Å². The van der Waals surface area contributed by atoms with E-state index in [-0.39, 0.29) is 24.6 Å². The predicted octanol–water partition coefficient (Wildman–Crippen LogP) is 0.486. The quantitative estimate of drug-likeness (QED) is 0.467. The minimum atomic E-state index is -0.292. The Morgan fingerprint density at radius 3 is 3.09 bits per heavy atom. The van der Waals surface area contributed by atoms with Gasteiger partial charge in [0.25, 0.3) is 0 Å². The summed E-state index contributed by atoms with van der Waals surface area (Å²) < 4.78 is 4.93. The van der Waals surface area contributed by atoms with E-state index in [9.17, 15) is 4.79 Å². The van der Waals surface area contributed by atoms with Crippen LogP contribution in [0.2, 0.25) is 0 Å². The standard InChI is InChI=1S/C8H12O3/c1-6(10)11-8-4-2-3-7(8)5-9/h2,4,7-9H,3,5H2,1H3. The molecule has 3 nitrogen and oxygen atoms in total. The van der Waals surface area contributed by atoms with Crippen LogP contribution in [0.15, 0.2) is 12.2 Å². The predicted molar refractivity (Wildman–Crippen MR) is 39.9 cm³/mol. The van der Waals surface area contributed by atoms with Gasteiger partial charge in [-0.25, -0.2) is 0 Å². The van der Waals surface area contributed by atoms with Crippen molar-refractivity contribution in [2.75, 3.05) is 6.61 Å². The fraction of sp³-hybridized carbons (Fsp3) is 0.625. The first-order valence-electron chi connectivity index (χ1n) is 3.68. The van der Waals surface area contributed by atoms with Gasteiger partial charge < -0.3 is 9.84 Å². The van der Waals surface area contributed by atoms with E-state index < -0.39 is 0 Å². The summed E-state index contributed by atoms with van der Waals surface area (Å²) in [4.78, 5) is 10.5. The lowest BCUT2D eigenvalue weighted by Gasteiger charge is -2.15. The fourth-order valence-corrected chi connectivity index (χ4v) is 1.18. The molecule has 0 aromatic carbocycles. The summed E-state index contributed by atoms with van der Waals surface area (Å²) in [6, 6.07) is 0. The van der Waals surface area contributed by atoms with Crippen molar-refractivity contribution in [1.82, 2.24) is 0 Å². The van der Waals surface area contributed by atoms with Gasteiger partial charge in [-0.1, -0.05) is 6.08 Å². The minimum Gasteiger partial charge on any atom is -0.458 e. The zero-order valence-electron chi connectivity index (χ0n) is 6.49. The molecular formula is C8H12O3. The van der Waals surface area contributed by atoms with Crippen molar-refractivity contribution in [2.24, 2.45) is 5.92 Å². The van der Waals surface area contributed by atoms with Crippen molar-refractivity contribution in [1.29, 1.82) is 0 Å². The number of aliphatic hydroxyl groups is 1. The molecule has 0 bridgehead atoms. The molecule has 0 saturated carbocycles. The highest BCUT2D eigenvalue weighted by Crippen LogP contribution is 2.20. The molecule has 0 heterocycles. The Balaban J connectivity index is 2.43. The molecule has 1 aliphatic carbocycles. The van der Waals surface area contributed by atoms with Gasteiger partial charge in [0.15, 0.2) is 0 Å². The first kappa shape index (κ1) is 8.27. The maximum Gasteiger partial charge on any atom is 0.303 e. The monoisotopic (exact) mass is 156 g/mol. The smallest absolute Gasteiger partial charge is 0.303 e. The number of carbonyl (C=O) groups excluding carboxylic acids is 1. The molecule has 0 aromatic rings. The third-order valence-corrected chi connectivity index (χ3v) is 1.77. The second kappa shape index (κ2) is 3.53. The molecule has 2 atom stereocenters. The van der Waals surface area contributed by atoms with Gasteiger partial charge in [-0.2, -0.15) is 0 Å². The highest BCUT2D eigenvalue weighted by molar-refractivity contribution is 5.66. The topological polar surface area (TPSA) is 46.5 Å². The molecule has 0 radical (unpaired) electrons. The van der Waals surface area contributed by atoms with Crippen LogP contribution >= 0.6 is 0 Å². The lowest BCUT2D eigenvalue weighted by Crippen LogP contribution is -2.23. The zero-order valence-corrected chi connectivity index (χ0v) is 6.49. The molecule has 0 aliphatic heterocycles. The van der Waals surface area contributed by atoms with Crippen LogP contribution in [-0.4, -0.2) is 23.8 Å². The van der Waals surface area contributed by atoms with Gasteiger partial charge in [-0.15, -0.1) is 0 Å². The van der Waals surface area contributed by atoms with E-state index in [4.69, 9.17) is 9.84 Å². The number of rotatable bonds is 2. The summed E-state index contributed by atoms with van der Waals surface area (Å²) in [5.41, 5.74) is 0. The number of ether oxygens (including phenoxy) is 1. The average Bonchev–Trinajstić information content (AvgIpc) is 2.34. The van der Waals surface area contributed by atoms with Crippen LogP contribution < -0.4 is 0 Å². The van der Waals surface area contributed by atoms with Gasteiger partial charge in [0.1, 0.15) is 6.10 Å². The largest absolute Gasteiger partial charge is 0.458 e. The van der Waals surface area contributed by atoms with Crippen molar-refractivity contribution < 1.29 is 14.6 Å². The van der Waals surface area contributed by atoms with Gasteiger partial charge in [0.2, 0.25) is 0 Å². The van der Waals surface area contributed by atoms with Gasteiger partial charge in [-0.05, 0) is 12.5 Å². The fourth-order valence-electron chi connectivity index (χ4n) is 1.18. The SMILES string of the molecule is CC(=O)OC1C=CCC1CO. The number of carbonyl (C=O) groups is 1. The van der Waals surface area contributed by atoms with Crippen LogP contribution in [0.4, 0.5) is 0 Å². The number of aliphatic hydroxyl groups excluding tert-OH is 1. The van der Waals surface area contributed by atoms with Crippen molar-refractivity contribution in [2.45, 2.75) is 19.4 Å². The Kier molecular flexibility index (Phi) is 2.65. The Labute approximate surface area is 65.7 Å². The Bertz CT molecular complexity index is 174. The third-order valence-electron chi connectivity index (χ3n) is 1.77. The lowest BCUT2D eigenvalue weighted by molar-refractivity contribution is -0.146. The zero-order chi connectivity index (χ0) is 8.27. The van der Waals surface area contributed by atoms with E-state index in [1.807, 2.05) is 12.2 Å². The maximum atomic E-state index is 10.5. The summed E-state index contributed by atoms with van der Waals surface area (Å²) >= 11 is 0. The second-order valence-corrected chi connectivity index (χ2v) is 2.68. The first-order chi connectivity index (χ1) is 5.24. The third kappa shape index (κ3) is 2.05. The number of allylic oxidation sites excluding steroid dienone is 1. The highest BCUT2D eigenvalue weighted by Gasteiger charge is 2.24. The lowest BCUT2D eigenvalue weighted by atomic mass is 10.1. The van der Waals surface area contributed by atoms with E-state index in [0.717, 1.165) is 6.42 Å². The number of hydrogen-bond acceptors (Lipinski definition) is 3. The van der Waals surface area contributed by atoms with Gasteiger partial charge >= 0.3 is 5.97 Å². The highest BCUT2D eigenvalue weighted by atomic mass is 16.5. The molecule has 62 valence electrons. The van der Waals surface area contributed by atoms with E-state index in [0.29, 0.717) is 0 Å². The molecule has 2 unspecified atom stereocenters. The molecule has 11 heavy (non-hydrogen) atoms. The molecular weight excluding hydrogens is 144 g/mol. The van der Waals surface area contributed by atoms with Crippen LogP contribution in [0.5, 0.6) is 0 Å². The van der Waals surface area contributed by atoms with Crippen LogP contribution in [0.25, 0.3) is 0 Å². The van der Waals surface area contributed by atoms with Crippen LogP contribution in [-0.2, 0) is 9.53 Å². The van der Waals surface area contributed by atoms with Crippen LogP contribution in [0.3, 0.4) is 0 Å². The van der Waals surface area contributed by atoms with Crippen LogP contribution in [0, 0.1) is 5.92 Å². The molecule has 0 aromatic heterocycles. The van der Waals surface area contributed by atoms with E-state index in [2.05, 4.69) is 0 Å². The molecule has 0 fully saturated rings. The van der Waals surface area contributed by atoms with Gasteiger partial charge in [0.05, 0.1) is 6.61 Å². The first-order valence-corrected chi connectivity index (χ1v) is 3.68. The second-order valence-electron chi connectivity index (χ2n) is 2.68. The van der Waals surface area contributed by atoms with Gasteiger partial charge in [-0.3, -0.25) is 4.79 Å². The molecule has 0 amide bonds. The summed E-state index contributed by atoms with van der Waals surface area (Å²) in [7, 11) is 0. The van der Waals surface area contributed by atoms with Crippen molar-refractivity contribution in [3.63, 3.8) is 0 Å². The maximum absolute atomic E-state index is 10.5.